The molecule has 1 aliphatic rings. The Kier molecular flexibility index (Phi) is 6.92. The van der Waals surface area contributed by atoms with E-state index in [4.69, 9.17) is 0 Å². The van der Waals surface area contributed by atoms with E-state index in [-0.39, 0.29) is 11.8 Å². The Balaban J connectivity index is 1.69. The number of benzene rings is 2. The van der Waals surface area contributed by atoms with Gasteiger partial charge in [-0.1, -0.05) is 60.7 Å². The number of hydrogen-bond donors (Lipinski definition) is 2. The van der Waals surface area contributed by atoms with Gasteiger partial charge >= 0.3 is 11.8 Å². The van der Waals surface area contributed by atoms with Gasteiger partial charge in [-0.15, -0.1) is 0 Å². The second-order valence-corrected chi connectivity index (χ2v) is 6.98. The van der Waals surface area contributed by atoms with Crippen LogP contribution < -0.4 is 10.6 Å². The van der Waals surface area contributed by atoms with Gasteiger partial charge in [0.25, 0.3) is 0 Å². The van der Waals surface area contributed by atoms with Crippen molar-refractivity contribution in [2.45, 2.75) is 25.9 Å². The molecule has 0 bridgehead atoms. The minimum atomic E-state index is -0.865. The lowest BCUT2D eigenvalue weighted by Crippen LogP contribution is -2.47. The Morgan fingerprint density at radius 3 is 1.86 bits per heavy atom. The fraction of sp³-hybridized carbons (Fsp3) is 0.318. The Bertz CT molecular complexity index is 761. The zero-order valence-corrected chi connectivity index (χ0v) is 15.8. The molecule has 1 aliphatic heterocycles. The molecule has 2 aromatic carbocycles. The number of carbonyl (C=O) groups is 3. The molecular weight excluding hydrogens is 354 g/mol. The van der Waals surface area contributed by atoms with Crippen LogP contribution in [0.5, 0.6) is 0 Å². The number of carbonyl (C=O) groups excluding carboxylic acids is 3. The minimum Gasteiger partial charge on any atom is -0.326 e. The van der Waals surface area contributed by atoms with Crippen LogP contribution in [0.1, 0.15) is 24.0 Å². The van der Waals surface area contributed by atoms with E-state index >= 15 is 0 Å². The summed E-state index contributed by atoms with van der Waals surface area (Å²) in [7, 11) is 0. The highest BCUT2D eigenvalue weighted by molar-refractivity contribution is 6.37. The zero-order valence-electron chi connectivity index (χ0n) is 15.8. The second-order valence-electron chi connectivity index (χ2n) is 6.98. The molecule has 0 unspecified atom stereocenters. The van der Waals surface area contributed by atoms with Gasteiger partial charge < -0.3 is 10.2 Å². The monoisotopic (exact) mass is 379 g/mol. The predicted octanol–water partition coefficient (Wildman–Crippen LogP) is 1.86. The van der Waals surface area contributed by atoms with Crippen LogP contribution in [0.25, 0.3) is 0 Å². The fourth-order valence-corrected chi connectivity index (χ4v) is 3.30. The number of piperidine rings is 1. The molecule has 0 aromatic heterocycles. The average molecular weight is 379 g/mol. The number of rotatable bonds is 5. The van der Waals surface area contributed by atoms with Crippen molar-refractivity contribution in [3.05, 3.63) is 71.8 Å². The Morgan fingerprint density at radius 2 is 1.36 bits per heavy atom. The van der Waals surface area contributed by atoms with Crippen molar-refractivity contribution in [3.8, 4) is 0 Å². The van der Waals surface area contributed by atoms with Crippen LogP contribution in [0.3, 0.4) is 0 Å². The third-order valence-electron chi connectivity index (χ3n) is 4.86. The SMILES string of the molecule is O=C(NC(=O)C1CCNCC1)C(=O)N(Cc1ccccc1)Cc1ccccc1. The molecule has 0 atom stereocenters. The first-order valence-electron chi connectivity index (χ1n) is 9.56. The van der Waals surface area contributed by atoms with Crippen molar-refractivity contribution in [3.63, 3.8) is 0 Å². The van der Waals surface area contributed by atoms with Gasteiger partial charge in [-0.3, -0.25) is 19.7 Å². The van der Waals surface area contributed by atoms with E-state index < -0.39 is 11.8 Å². The second kappa shape index (κ2) is 9.80. The highest BCUT2D eigenvalue weighted by Crippen LogP contribution is 2.13. The maximum absolute atomic E-state index is 12.8. The van der Waals surface area contributed by atoms with Gasteiger partial charge in [0, 0.05) is 19.0 Å². The summed E-state index contributed by atoms with van der Waals surface area (Å²) in [5.74, 6) is -2.15. The Labute approximate surface area is 164 Å². The topological polar surface area (TPSA) is 78.5 Å². The third kappa shape index (κ3) is 5.50. The van der Waals surface area contributed by atoms with E-state index in [1.54, 1.807) is 0 Å². The largest absolute Gasteiger partial charge is 0.326 e. The van der Waals surface area contributed by atoms with Crippen LogP contribution >= 0.6 is 0 Å². The van der Waals surface area contributed by atoms with Gasteiger partial charge in [0.2, 0.25) is 5.91 Å². The molecule has 1 saturated heterocycles. The number of imide groups is 1. The summed E-state index contributed by atoms with van der Waals surface area (Å²) in [6.07, 6.45) is 1.34. The van der Waals surface area contributed by atoms with Crippen molar-refractivity contribution in [1.82, 2.24) is 15.5 Å². The third-order valence-corrected chi connectivity index (χ3v) is 4.86. The summed E-state index contributed by atoms with van der Waals surface area (Å²) in [6, 6.07) is 19.0. The molecule has 6 nitrogen and oxygen atoms in total. The van der Waals surface area contributed by atoms with E-state index in [0.717, 1.165) is 24.2 Å². The lowest BCUT2D eigenvalue weighted by molar-refractivity contribution is -0.149. The van der Waals surface area contributed by atoms with Gasteiger partial charge in [-0.25, -0.2) is 0 Å². The van der Waals surface area contributed by atoms with Crippen molar-refractivity contribution >= 4 is 17.7 Å². The highest BCUT2D eigenvalue weighted by atomic mass is 16.2. The number of amides is 3. The standard InChI is InChI=1S/C22H25N3O3/c26-20(19-11-13-23-14-12-19)24-21(27)22(28)25(15-17-7-3-1-4-8-17)16-18-9-5-2-6-10-18/h1-10,19,23H,11-16H2,(H,24,26,27). The van der Waals surface area contributed by atoms with Gasteiger partial charge in [0.15, 0.2) is 0 Å². The first-order valence-corrected chi connectivity index (χ1v) is 9.56. The molecule has 1 heterocycles. The summed E-state index contributed by atoms with van der Waals surface area (Å²) in [5, 5.41) is 5.48. The normalized spacial score (nSPS) is 14.3. The molecule has 3 rings (SSSR count). The maximum Gasteiger partial charge on any atom is 0.316 e. The number of hydrogen-bond acceptors (Lipinski definition) is 4. The van der Waals surface area contributed by atoms with Gasteiger partial charge in [0.05, 0.1) is 0 Å². The van der Waals surface area contributed by atoms with Crippen molar-refractivity contribution < 1.29 is 14.4 Å². The molecule has 28 heavy (non-hydrogen) atoms. The molecule has 3 amide bonds. The van der Waals surface area contributed by atoms with Crippen LogP contribution in [0.15, 0.2) is 60.7 Å². The van der Waals surface area contributed by atoms with Crippen molar-refractivity contribution in [1.29, 1.82) is 0 Å². The van der Waals surface area contributed by atoms with E-state index in [1.165, 1.54) is 4.90 Å². The molecule has 6 heteroatoms. The molecule has 0 aliphatic carbocycles. The lowest BCUT2D eigenvalue weighted by atomic mass is 9.97. The Morgan fingerprint density at radius 1 is 0.857 bits per heavy atom. The molecule has 2 aromatic rings. The average Bonchev–Trinajstić information content (AvgIpc) is 2.75. The summed E-state index contributed by atoms with van der Waals surface area (Å²) in [4.78, 5) is 39.1. The summed E-state index contributed by atoms with van der Waals surface area (Å²) < 4.78 is 0. The maximum atomic E-state index is 12.8. The first-order chi connectivity index (χ1) is 13.6. The quantitative estimate of drug-likeness (QED) is 0.778. The smallest absolute Gasteiger partial charge is 0.316 e. The van der Waals surface area contributed by atoms with E-state index in [1.807, 2.05) is 60.7 Å². The molecule has 0 spiro atoms. The van der Waals surface area contributed by atoms with E-state index in [9.17, 15) is 14.4 Å². The van der Waals surface area contributed by atoms with Crippen LogP contribution in [-0.4, -0.2) is 35.7 Å². The molecule has 0 radical (unpaired) electrons. The van der Waals surface area contributed by atoms with Gasteiger partial charge in [-0.2, -0.15) is 0 Å². The summed E-state index contributed by atoms with van der Waals surface area (Å²) in [5.41, 5.74) is 1.84. The van der Waals surface area contributed by atoms with Crippen LogP contribution in [0.2, 0.25) is 0 Å². The lowest BCUT2D eigenvalue weighted by Gasteiger charge is -2.24. The number of nitrogens with zero attached hydrogens (tertiary/aromatic N) is 1. The molecular formula is C22H25N3O3. The van der Waals surface area contributed by atoms with Crippen molar-refractivity contribution in [2.75, 3.05) is 13.1 Å². The van der Waals surface area contributed by atoms with Crippen LogP contribution in [0.4, 0.5) is 0 Å². The van der Waals surface area contributed by atoms with Gasteiger partial charge in [-0.05, 0) is 37.1 Å². The Hall–Kier alpha value is -2.99. The zero-order chi connectivity index (χ0) is 19.8. The van der Waals surface area contributed by atoms with Gasteiger partial charge in [0.1, 0.15) is 0 Å². The van der Waals surface area contributed by atoms with E-state index in [0.29, 0.717) is 25.9 Å². The molecule has 0 saturated carbocycles. The number of nitrogens with one attached hydrogen (secondary N) is 2. The summed E-state index contributed by atoms with van der Waals surface area (Å²) >= 11 is 0. The molecule has 2 N–H and O–H groups in total. The minimum absolute atomic E-state index is 0.227. The summed E-state index contributed by atoms with van der Waals surface area (Å²) in [6.45, 7) is 2.08. The predicted molar refractivity (Wildman–Crippen MR) is 106 cm³/mol. The highest BCUT2D eigenvalue weighted by Gasteiger charge is 2.28. The van der Waals surface area contributed by atoms with Crippen molar-refractivity contribution in [2.24, 2.45) is 5.92 Å². The van der Waals surface area contributed by atoms with Crippen LogP contribution in [0, 0.1) is 5.92 Å². The van der Waals surface area contributed by atoms with Crippen LogP contribution in [-0.2, 0) is 27.5 Å². The fourth-order valence-electron chi connectivity index (χ4n) is 3.30. The van der Waals surface area contributed by atoms with E-state index in [2.05, 4.69) is 10.6 Å². The molecule has 1 fully saturated rings. The first kappa shape index (κ1) is 19.8. The molecule has 146 valence electrons.